The van der Waals surface area contributed by atoms with Gasteiger partial charge < -0.3 is 0 Å². The molecule has 0 fully saturated rings. The summed E-state index contributed by atoms with van der Waals surface area (Å²) in [7, 11) is 0. The highest BCUT2D eigenvalue weighted by atomic mass is 14.3. The smallest absolute Gasteiger partial charge is 0.0207 e. The van der Waals surface area contributed by atoms with Gasteiger partial charge in [0.25, 0.3) is 0 Å². The van der Waals surface area contributed by atoms with Crippen molar-refractivity contribution < 1.29 is 0 Å². The van der Waals surface area contributed by atoms with Gasteiger partial charge in [-0.1, -0.05) is 98.8 Å². The van der Waals surface area contributed by atoms with Crippen molar-refractivity contribution >= 4 is 0 Å². The van der Waals surface area contributed by atoms with Gasteiger partial charge in [-0.25, -0.2) is 0 Å². The molecule has 0 heteroatoms. The predicted molar refractivity (Wildman–Crippen MR) is 103 cm³/mol. The Morgan fingerprint density at radius 2 is 1.14 bits per heavy atom. The summed E-state index contributed by atoms with van der Waals surface area (Å²) < 4.78 is 0. The van der Waals surface area contributed by atoms with Crippen molar-refractivity contribution in [3.05, 3.63) is 5.92 Å². The molecule has 0 N–H and O–H groups in total. The van der Waals surface area contributed by atoms with E-state index < -0.39 is 0 Å². The summed E-state index contributed by atoms with van der Waals surface area (Å²) in [5.41, 5.74) is 0. The quantitative estimate of drug-likeness (QED) is 0.251. The first-order chi connectivity index (χ1) is 10.7. The van der Waals surface area contributed by atoms with Crippen LogP contribution < -0.4 is 0 Å². The third-order valence-electron chi connectivity index (χ3n) is 4.91. The summed E-state index contributed by atoms with van der Waals surface area (Å²) in [6.07, 6.45) is 19.9. The van der Waals surface area contributed by atoms with Crippen LogP contribution in [0, 0.1) is 17.8 Å². The Morgan fingerprint density at radius 3 is 1.59 bits per heavy atom. The first-order valence-corrected chi connectivity index (χ1v) is 10.5. The molecule has 0 nitrogen and oxygen atoms in total. The van der Waals surface area contributed by atoms with E-state index in [1.807, 2.05) is 5.92 Å². The van der Waals surface area contributed by atoms with Crippen LogP contribution in [-0.2, 0) is 0 Å². The molecule has 0 amide bonds. The van der Waals surface area contributed by atoms with Crippen molar-refractivity contribution in [2.24, 2.45) is 11.8 Å². The van der Waals surface area contributed by atoms with E-state index in [1.165, 1.54) is 89.9 Å². The summed E-state index contributed by atoms with van der Waals surface area (Å²) in [4.78, 5) is 0. The predicted octanol–water partition coefficient (Wildman–Crippen LogP) is 8.35. The van der Waals surface area contributed by atoms with Crippen molar-refractivity contribution in [3.8, 4) is 0 Å². The molecule has 133 valence electrons. The minimum atomic E-state index is 0.834. The van der Waals surface area contributed by atoms with Gasteiger partial charge in [0.05, 0.1) is 0 Å². The largest absolute Gasteiger partial charge is 0.0654 e. The number of hydrogen-bond donors (Lipinski definition) is 0. The molecule has 0 saturated heterocycles. The van der Waals surface area contributed by atoms with E-state index in [0.717, 1.165) is 11.8 Å². The van der Waals surface area contributed by atoms with Crippen molar-refractivity contribution in [2.75, 3.05) is 0 Å². The van der Waals surface area contributed by atoms with Gasteiger partial charge in [0, 0.05) is 0 Å². The molecule has 0 aliphatic heterocycles. The SMILES string of the molecule is CCCCCC[C](CC(C)C)C(CCCCC)CCCCC. The average molecular weight is 310 g/mol. The Kier molecular flexibility index (Phi) is 15.9. The van der Waals surface area contributed by atoms with Crippen LogP contribution in [0.5, 0.6) is 0 Å². The van der Waals surface area contributed by atoms with Crippen LogP contribution >= 0.6 is 0 Å². The van der Waals surface area contributed by atoms with Gasteiger partial charge in [0.1, 0.15) is 0 Å². The summed E-state index contributed by atoms with van der Waals surface area (Å²) in [5.74, 6) is 3.70. The van der Waals surface area contributed by atoms with Crippen LogP contribution in [0.2, 0.25) is 0 Å². The summed E-state index contributed by atoms with van der Waals surface area (Å²) in [6, 6.07) is 0. The Bertz CT molecular complexity index is 196. The van der Waals surface area contributed by atoms with Gasteiger partial charge in [-0.15, -0.1) is 0 Å². The van der Waals surface area contributed by atoms with Gasteiger partial charge in [-0.3, -0.25) is 0 Å². The highest BCUT2D eigenvalue weighted by Crippen LogP contribution is 2.35. The number of rotatable bonds is 16. The molecular formula is C22H45. The Labute approximate surface area is 142 Å². The molecule has 0 spiro atoms. The van der Waals surface area contributed by atoms with Crippen LogP contribution in [-0.4, -0.2) is 0 Å². The molecule has 0 unspecified atom stereocenters. The van der Waals surface area contributed by atoms with E-state index in [4.69, 9.17) is 0 Å². The zero-order valence-electron chi connectivity index (χ0n) is 16.6. The topological polar surface area (TPSA) is 0 Å². The van der Waals surface area contributed by atoms with Crippen LogP contribution in [0.25, 0.3) is 0 Å². The van der Waals surface area contributed by atoms with E-state index in [1.54, 1.807) is 0 Å². The Hall–Kier alpha value is 0. The lowest BCUT2D eigenvalue weighted by atomic mass is 9.77. The van der Waals surface area contributed by atoms with Crippen molar-refractivity contribution in [3.63, 3.8) is 0 Å². The van der Waals surface area contributed by atoms with Gasteiger partial charge in [-0.2, -0.15) is 0 Å². The summed E-state index contributed by atoms with van der Waals surface area (Å²) in [6.45, 7) is 11.8. The average Bonchev–Trinajstić information content (AvgIpc) is 2.49. The molecule has 0 atom stereocenters. The molecule has 0 aliphatic carbocycles. The summed E-state index contributed by atoms with van der Waals surface area (Å²) in [5, 5.41) is 0. The second-order valence-corrected chi connectivity index (χ2v) is 7.76. The van der Waals surface area contributed by atoms with Crippen LogP contribution in [0.1, 0.15) is 125 Å². The van der Waals surface area contributed by atoms with E-state index in [0.29, 0.717) is 0 Å². The molecule has 0 aliphatic rings. The zero-order valence-corrected chi connectivity index (χ0v) is 16.6. The van der Waals surface area contributed by atoms with Crippen LogP contribution in [0.3, 0.4) is 0 Å². The fourth-order valence-corrected chi connectivity index (χ4v) is 3.61. The summed E-state index contributed by atoms with van der Waals surface area (Å²) >= 11 is 0. The molecular weight excluding hydrogens is 264 g/mol. The molecule has 0 bridgehead atoms. The fraction of sp³-hybridized carbons (Fsp3) is 0.955. The lowest BCUT2D eigenvalue weighted by molar-refractivity contribution is 0.363. The van der Waals surface area contributed by atoms with E-state index in [-0.39, 0.29) is 0 Å². The standard InChI is InChI=1S/C22H45/c1-6-9-12-15-18-22(19-20(4)5)21(16-13-10-7-2)17-14-11-8-3/h20-21H,6-19H2,1-5H3. The highest BCUT2D eigenvalue weighted by molar-refractivity contribution is 4.97. The van der Waals surface area contributed by atoms with Crippen LogP contribution in [0.4, 0.5) is 0 Å². The second kappa shape index (κ2) is 15.9. The van der Waals surface area contributed by atoms with Crippen molar-refractivity contribution in [2.45, 2.75) is 125 Å². The lowest BCUT2D eigenvalue weighted by Crippen LogP contribution is -2.16. The van der Waals surface area contributed by atoms with Crippen LogP contribution in [0.15, 0.2) is 0 Å². The molecule has 1 radical (unpaired) electrons. The van der Waals surface area contributed by atoms with Crippen molar-refractivity contribution in [1.82, 2.24) is 0 Å². The van der Waals surface area contributed by atoms with Gasteiger partial charge in [0.2, 0.25) is 0 Å². The monoisotopic (exact) mass is 309 g/mol. The van der Waals surface area contributed by atoms with E-state index in [9.17, 15) is 0 Å². The minimum absolute atomic E-state index is 0.834. The zero-order chi connectivity index (χ0) is 16.6. The minimum Gasteiger partial charge on any atom is -0.0654 e. The third kappa shape index (κ3) is 12.5. The molecule has 0 saturated carbocycles. The molecule has 0 aromatic rings. The lowest BCUT2D eigenvalue weighted by Gasteiger charge is -2.28. The maximum absolute atomic E-state index is 2.40. The fourth-order valence-electron chi connectivity index (χ4n) is 3.61. The maximum Gasteiger partial charge on any atom is -0.0207 e. The molecule has 0 aromatic heterocycles. The molecule has 0 aromatic carbocycles. The van der Waals surface area contributed by atoms with Gasteiger partial charge in [0.15, 0.2) is 0 Å². The normalized spacial score (nSPS) is 12.0. The maximum atomic E-state index is 2.40. The van der Waals surface area contributed by atoms with Gasteiger partial charge in [-0.05, 0) is 43.4 Å². The van der Waals surface area contributed by atoms with E-state index >= 15 is 0 Å². The number of hydrogen-bond acceptors (Lipinski definition) is 0. The molecule has 0 rings (SSSR count). The highest BCUT2D eigenvalue weighted by Gasteiger charge is 2.22. The number of unbranched alkanes of at least 4 members (excludes halogenated alkanes) is 7. The van der Waals surface area contributed by atoms with Crippen molar-refractivity contribution in [1.29, 1.82) is 0 Å². The molecule has 22 heavy (non-hydrogen) atoms. The Balaban J connectivity index is 4.44. The first kappa shape index (κ1) is 22.0. The second-order valence-electron chi connectivity index (χ2n) is 7.76. The third-order valence-corrected chi connectivity index (χ3v) is 4.91. The Morgan fingerprint density at radius 1 is 0.636 bits per heavy atom. The van der Waals surface area contributed by atoms with E-state index in [2.05, 4.69) is 34.6 Å². The molecule has 0 heterocycles. The first-order valence-electron chi connectivity index (χ1n) is 10.5. The van der Waals surface area contributed by atoms with Gasteiger partial charge >= 0.3 is 0 Å².